The molecule has 0 aliphatic heterocycles. The Labute approximate surface area is 144 Å². The van der Waals surface area contributed by atoms with Crippen molar-refractivity contribution in [3.05, 3.63) is 66.2 Å². The molecule has 0 bridgehead atoms. The molecular weight excluding hydrogens is 386 g/mol. The maximum absolute atomic E-state index is 11.3. The van der Waals surface area contributed by atoms with Crippen LogP contribution in [0.15, 0.2) is 0 Å². The van der Waals surface area contributed by atoms with Gasteiger partial charge in [0.1, 0.15) is 0 Å². The Morgan fingerprint density at radius 2 is 0.963 bits per heavy atom. The molecule has 144 valence electrons. The second-order valence-corrected chi connectivity index (χ2v) is 4.37. The summed E-state index contributed by atoms with van der Waals surface area (Å²) in [6, 6.07) is 0. The van der Waals surface area contributed by atoms with Crippen LogP contribution in [-0.2, 0) is 6.42 Å². The van der Waals surface area contributed by atoms with Crippen molar-refractivity contribution >= 4 is 28.4 Å². The number of nitro benzene ring substituents is 4. The van der Waals surface area contributed by atoms with E-state index in [1.807, 2.05) is 0 Å². The molecule has 0 fully saturated rings. The second kappa shape index (κ2) is 7.12. The Morgan fingerprint density at radius 1 is 0.630 bits per heavy atom. The van der Waals surface area contributed by atoms with Crippen LogP contribution in [0.25, 0.3) is 0 Å². The van der Waals surface area contributed by atoms with E-state index in [0.717, 1.165) is 6.92 Å². The molecular formula is C8H5N7O12. The lowest BCUT2D eigenvalue weighted by atomic mass is 10.0. The van der Waals surface area contributed by atoms with Crippen molar-refractivity contribution in [1.82, 2.24) is 0 Å². The van der Waals surface area contributed by atoms with E-state index < -0.39 is 75.3 Å². The number of rotatable bonds is 8. The average molecular weight is 391 g/mol. The van der Waals surface area contributed by atoms with Crippen molar-refractivity contribution in [3.63, 3.8) is 0 Å². The average Bonchev–Trinajstić information content (AvgIpc) is 2.51. The molecule has 0 saturated heterocycles. The second-order valence-electron chi connectivity index (χ2n) is 4.37. The minimum atomic E-state index is -2.10. The van der Waals surface area contributed by atoms with Crippen LogP contribution in [0, 0.1) is 60.7 Å². The van der Waals surface area contributed by atoms with E-state index in [1.54, 1.807) is 0 Å². The number of nitro groups is 6. The fourth-order valence-electron chi connectivity index (χ4n) is 2.22. The number of benzene rings is 1. The van der Waals surface area contributed by atoms with Gasteiger partial charge in [-0.25, -0.2) is 20.2 Å². The van der Waals surface area contributed by atoms with E-state index in [0.29, 0.717) is 0 Å². The van der Waals surface area contributed by atoms with Crippen LogP contribution in [-0.4, -0.2) is 29.8 Å². The summed E-state index contributed by atoms with van der Waals surface area (Å²) in [7, 11) is 0. The Kier molecular flexibility index (Phi) is 5.40. The van der Waals surface area contributed by atoms with Crippen molar-refractivity contribution in [1.29, 1.82) is 0 Å². The Hall–Kier alpha value is -4.58. The van der Waals surface area contributed by atoms with Gasteiger partial charge in [0.25, 0.3) is 5.69 Å². The zero-order valence-corrected chi connectivity index (χ0v) is 12.7. The summed E-state index contributed by atoms with van der Waals surface area (Å²) in [6.07, 6.45) is -0.774. The van der Waals surface area contributed by atoms with Crippen LogP contribution in [0.1, 0.15) is 12.5 Å². The first-order valence-electron chi connectivity index (χ1n) is 6.27. The molecule has 1 aromatic carbocycles. The summed E-state index contributed by atoms with van der Waals surface area (Å²) in [4.78, 5) is 60.0. The van der Waals surface area contributed by atoms with E-state index in [2.05, 4.69) is 0 Å². The molecule has 0 spiro atoms. The van der Waals surface area contributed by atoms with E-state index >= 15 is 0 Å². The van der Waals surface area contributed by atoms with Gasteiger partial charge in [-0.1, -0.05) is 6.92 Å². The quantitative estimate of drug-likeness (QED) is 0.443. The third-order valence-corrected chi connectivity index (χ3v) is 3.06. The monoisotopic (exact) mass is 391 g/mol. The fourth-order valence-corrected chi connectivity index (χ4v) is 2.22. The van der Waals surface area contributed by atoms with Gasteiger partial charge in [0.15, 0.2) is 0 Å². The largest absolute Gasteiger partial charge is 0.432 e. The summed E-state index contributed by atoms with van der Waals surface area (Å²) in [5.74, 6) is 0. The summed E-state index contributed by atoms with van der Waals surface area (Å²) in [5.41, 5.74) is -10.6. The van der Waals surface area contributed by atoms with Crippen molar-refractivity contribution < 1.29 is 29.8 Å². The standard InChI is InChI=1S/C8H5N7O12/c1-2-3-4(9(14(24)25)15(26)27)6(11(18)19)8(13(22)23)7(12(20)21)5(3)10(16)17/h2H2,1H3. The Morgan fingerprint density at radius 3 is 1.22 bits per heavy atom. The molecule has 0 atom stereocenters. The van der Waals surface area contributed by atoms with Crippen LogP contribution in [0.3, 0.4) is 0 Å². The summed E-state index contributed by atoms with van der Waals surface area (Å²) in [6.45, 7) is 0.989. The zero-order valence-electron chi connectivity index (χ0n) is 12.7. The highest BCUT2D eigenvalue weighted by molar-refractivity contribution is 5.88. The van der Waals surface area contributed by atoms with Gasteiger partial charge in [0.05, 0.1) is 25.3 Å². The smallest absolute Gasteiger partial charge is 0.258 e. The van der Waals surface area contributed by atoms with Crippen LogP contribution < -0.4 is 5.12 Å². The van der Waals surface area contributed by atoms with Crippen LogP contribution >= 0.6 is 0 Å². The van der Waals surface area contributed by atoms with Gasteiger partial charge in [-0.3, -0.25) is 40.5 Å². The highest BCUT2D eigenvalue weighted by Crippen LogP contribution is 2.52. The number of nitrogens with zero attached hydrogens (tertiary/aromatic N) is 7. The van der Waals surface area contributed by atoms with Gasteiger partial charge in [0.2, 0.25) is 15.2 Å². The van der Waals surface area contributed by atoms with Gasteiger partial charge < -0.3 is 0 Å². The zero-order chi connectivity index (χ0) is 21.2. The molecule has 0 amide bonds. The van der Waals surface area contributed by atoms with Gasteiger partial charge in [-0.2, -0.15) is 0 Å². The first-order chi connectivity index (χ1) is 12.4. The third kappa shape index (κ3) is 3.31. The lowest BCUT2D eigenvalue weighted by Crippen LogP contribution is -2.37. The number of hydrogen-bond acceptors (Lipinski definition) is 12. The number of anilines is 1. The molecule has 0 radical (unpaired) electrons. The van der Waals surface area contributed by atoms with Gasteiger partial charge >= 0.3 is 22.7 Å². The minimum Gasteiger partial charge on any atom is -0.258 e. The van der Waals surface area contributed by atoms with E-state index in [1.165, 1.54) is 0 Å². The van der Waals surface area contributed by atoms with Crippen molar-refractivity contribution in [3.8, 4) is 0 Å². The molecule has 1 aromatic rings. The summed E-state index contributed by atoms with van der Waals surface area (Å²) < 4.78 is 0. The van der Waals surface area contributed by atoms with Crippen molar-refractivity contribution in [2.45, 2.75) is 13.3 Å². The molecule has 1 rings (SSSR count). The summed E-state index contributed by atoms with van der Waals surface area (Å²) in [5, 5.41) is 61.9. The number of hydrazine groups is 2. The molecule has 27 heavy (non-hydrogen) atoms. The predicted octanol–water partition coefficient (Wildman–Crippen LogP) is 1.07. The SMILES string of the molecule is CCc1c(N([N+](=O)[O-])[N+](=O)[O-])c([N+](=O)[O-])c([N+](=O)[O-])c([N+](=O)[O-])c1[N+](=O)[O-]. The molecule has 0 aliphatic carbocycles. The normalized spacial score (nSPS) is 10.1. The molecule has 0 aliphatic rings. The molecule has 19 nitrogen and oxygen atoms in total. The highest BCUT2D eigenvalue weighted by atomic mass is 16.8. The highest BCUT2D eigenvalue weighted by Gasteiger charge is 2.55. The molecule has 0 heterocycles. The van der Waals surface area contributed by atoms with Gasteiger partial charge in [-0.15, -0.1) is 0 Å². The molecule has 0 saturated carbocycles. The summed E-state index contributed by atoms with van der Waals surface area (Å²) >= 11 is 0. The molecule has 0 aromatic heterocycles. The Bertz CT molecular complexity index is 896. The van der Waals surface area contributed by atoms with E-state index in [-0.39, 0.29) is 0 Å². The number of hydrogen-bond donors (Lipinski definition) is 0. The minimum absolute atomic E-state index is 0.774. The molecule has 0 unspecified atom stereocenters. The van der Waals surface area contributed by atoms with E-state index in [9.17, 15) is 60.7 Å². The Balaban J connectivity index is 4.50. The van der Waals surface area contributed by atoms with E-state index in [4.69, 9.17) is 0 Å². The maximum atomic E-state index is 11.3. The topological polar surface area (TPSA) is 262 Å². The lowest BCUT2D eigenvalue weighted by molar-refractivity contribution is -0.712. The molecule has 19 heteroatoms. The first kappa shape index (κ1) is 20.5. The first-order valence-corrected chi connectivity index (χ1v) is 6.27. The van der Waals surface area contributed by atoms with Gasteiger partial charge in [0, 0.05) is 0 Å². The predicted molar refractivity (Wildman–Crippen MR) is 78.9 cm³/mol. The van der Waals surface area contributed by atoms with Crippen molar-refractivity contribution in [2.75, 3.05) is 5.12 Å². The van der Waals surface area contributed by atoms with Crippen LogP contribution in [0.4, 0.5) is 28.4 Å². The van der Waals surface area contributed by atoms with Gasteiger partial charge in [-0.05, 0) is 6.42 Å². The lowest BCUT2D eigenvalue weighted by Gasteiger charge is -2.10. The maximum Gasteiger partial charge on any atom is 0.432 e. The van der Waals surface area contributed by atoms with Crippen LogP contribution in [0.5, 0.6) is 0 Å². The van der Waals surface area contributed by atoms with Crippen molar-refractivity contribution in [2.24, 2.45) is 0 Å². The third-order valence-electron chi connectivity index (χ3n) is 3.06. The van der Waals surface area contributed by atoms with Crippen LogP contribution in [0.2, 0.25) is 0 Å². The fraction of sp³-hybridized carbons (Fsp3) is 0.250. The molecule has 0 N–H and O–H groups in total.